The molecule has 0 N–H and O–H groups in total. The molecule has 0 radical (unpaired) electrons. The minimum atomic E-state index is -0.581. The fraction of sp³-hybridized carbons (Fsp3) is 0.538. The van der Waals surface area contributed by atoms with E-state index in [1.807, 2.05) is 44.7 Å². The molecule has 0 bridgehead atoms. The van der Waals surface area contributed by atoms with E-state index in [1.165, 1.54) is 0 Å². The number of hydrogen-bond acceptors (Lipinski definition) is 3. The van der Waals surface area contributed by atoms with Gasteiger partial charge in [0.1, 0.15) is 5.60 Å². The first-order valence-electron chi connectivity index (χ1n) is 11.0. The highest BCUT2D eigenvalue weighted by Crippen LogP contribution is 2.35. The Morgan fingerprint density at radius 3 is 2.26 bits per heavy atom. The first-order chi connectivity index (χ1) is 14.4. The second-order valence-electron chi connectivity index (χ2n) is 9.78. The maximum Gasteiger partial charge on any atom is 0.410 e. The summed E-state index contributed by atoms with van der Waals surface area (Å²) < 4.78 is 5.70. The summed E-state index contributed by atoms with van der Waals surface area (Å²) in [7, 11) is 0. The number of amides is 2. The Labute approximate surface area is 187 Å². The molecule has 5 nitrogen and oxygen atoms in total. The van der Waals surface area contributed by atoms with Gasteiger partial charge in [0, 0.05) is 19.6 Å². The molecule has 2 rings (SSSR count). The minimum absolute atomic E-state index is 0.0754. The summed E-state index contributed by atoms with van der Waals surface area (Å²) in [5.74, 6) is 0.0754. The predicted molar refractivity (Wildman–Crippen MR) is 126 cm³/mol. The van der Waals surface area contributed by atoms with Crippen LogP contribution >= 0.6 is 0 Å². The Bertz CT molecular complexity index is 828. The van der Waals surface area contributed by atoms with Crippen LogP contribution in [0.15, 0.2) is 43.5 Å². The molecule has 170 valence electrons. The summed E-state index contributed by atoms with van der Waals surface area (Å²) in [5, 5.41) is 0. The summed E-state index contributed by atoms with van der Waals surface area (Å²) in [4.78, 5) is 30.2. The molecule has 1 aliphatic rings. The van der Waals surface area contributed by atoms with Crippen molar-refractivity contribution >= 4 is 12.0 Å². The number of hydrogen-bond donors (Lipinski definition) is 0. The van der Waals surface area contributed by atoms with Crippen LogP contribution < -0.4 is 0 Å². The predicted octanol–water partition coefficient (Wildman–Crippen LogP) is 5.58. The smallest absolute Gasteiger partial charge is 0.410 e. The van der Waals surface area contributed by atoms with Crippen LogP contribution in [0.3, 0.4) is 0 Å². The van der Waals surface area contributed by atoms with Crippen LogP contribution in [0, 0.1) is 19.3 Å². The molecule has 31 heavy (non-hydrogen) atoms. The fourth-order valence-electron chi connectivity index (χ4n) is 4.18. The van der Waals surface area contributed by atoms with E-state index >= 15 is 0 Å². The van der Waals surface area contributed by atoms with E-state index in [1.54, 1.807) is 17.1 Å². The van der Waals surface area contributed by atoms with E-state index in [4.69, 9.17) is 4.74 Å². The van der Waals surface area contributed by atoms with Gasteiger partial charge in [0.15, 0.2) is 0 Å². The summed E-state index contributed by atoms with van der Waals surface area (Å²) >= 11 is 0. The lowest BCUT2D eigenvalue weighted by atomic mass is 9.81. The number of rotatable bonds is 6. The van der Waals surface area contributed by atoms with Crippen molar-refractivity contribution in [3.05, 3.63) is 60.2 Å². The molecule has 1 atom stereocenters. The monoisotopic (exact) mass is 426 g/mol. The van der Waals surface area contributed by atoms with Crippen molar-refractivity contribution < 1.29 is 14.3 Å². The molecule has 1 unspecified atom stereocenters. The Kier molecular flexibility index (Phi) is 7.74. The maximum atomic E-state index is 13.5. The van der Waals surface area contributed by atoms with Crippen molar-refractivity contribution in [1.82, 2.24) is 9.80 Å². The minimum Gasteiger partial charge on any atom is -0.444 e. The molecule has 0 aliphatic carbocycles. The lowest BCUT2D eigenvalue weighted by Gasteiger charge is -2.44. The third kappa shape index (κ3) is 5.78. The van der Waals surface area contributed by atoms with Gasteiger partial charge < -0.3 is 9.64 Å². The van der Waals surface area contributed by atoms with Gasteiger partial charge >= 0.3 is 6.09 Å². The largest absolute Gasteiger partial charge is 0.444 e. The normalized spacial score (nSPS) is 17.3. The summed E-state index contributed by atoms with van der Waals surface area (Å²) in [6.45, 7) is 20.7. The zero-order valence-electron chi connectivity index (χ0n) is 20.0. The third-order valence-electron chi connectivity index (χ3n) is 6.01. The molecular weight excluding hydrogens is 388 g/mol. The van der Waals surface area contributed by atoms with E-state index in [9.17, 15) is 9.59 Å². The quantitative estimate of drug-likeness (QED) is 0.558. The molecule has 5 heteroatoms. The number of ether oxygens (including phenoxy) is 1. The summed E-state index contributed by atoms with van der Waals surface area (Å²) in [6, 6.07) is 5.85. The molecule has 0 saturated carbocycles. The van der Waals surface area contributed by atoms with E-state index in [0.717, 1.165) is 16.7 Å². The van der Waals surface area contributed by atoms with Crippen molar-refractivity contribution in [1.29, 1.82) is 0 Å². The second-order valence-corrected chi connectivity index (χ2v) is 9.78. The van der Waals surface area contributed by atoms with Crippen LogP contribution in [0.25, 0.3) is 0 Å². The van der Waals surface area contributed by atoms with Crippen LogP contribution in [0.1, 0.15) is 63.3 Å². The van der Waals surface area contributed by atoms with Gasteiger partial charge in [-0.2, -0.15) is 0 Å². The van der Waals surface area contributed by atoms with Gasteiger partial charge in [-0.25, -0.2) is 4.79 Å². The van der Waals surface area contributed by atoms with Crippen LogP contribution in [0.5, 0.6) is 0 Å². The lowest BCUT2D eigenvalue weighted by molar-refractivity contribution is -0.144. The van der Waals surface area contributed by atoms with Gasteiger partial charge in [-0.3, -0.25) is 9.69 Å². The molecule has 1 saturated heterocycles. The Morgan fingerprint density at radius 2 is 1.71 bits per heavy atom. The number of carbonyl (C=O) groups excluding carboxylic acids is 2. The molecule has 1 fully saturated rings. The zero-order chi connectivity index (χ0) is 23.4. The van der Waals surface area contributed by atoms with Crippen LogP contribution in [-0.4, -0.2) is 47.0 Å². The molecule has 1 aromatic carbocycles. The van der Waals surface area contributed by atoms with Crippen molar-refractivity contribution in [2.75, 3.05) is 19.6 Å². The first kappa shape index (κ1) is 24.7. The topological polar surface area (TPSA) is 49.9 Å². The Balaban J connectivity index is 2.41. The van der Waals surface area contributed by atoms with Gasteiger partial charge in [0.05, 0.1) is 11.5 Å². The molecule has 0 aromatic heterocycles. The summed E-state index contributed by atoms with van der Waals surface area (Å²) in [5.41, 5.74) is 2.19. The van der Waals surface area contributed by atoms with Gasteiger partial charge in [-0.1, -0.05) is 37.3 Å². The molecule has 1 aliphatic heterocycles. The van der Waals surface area contributed by atoms with Gasteiger partial charge in [-0.15, -0.1) is 13.2 Å². The van der Waals surface area contributed by atoms with E-state index in [0.29, 0.717) is 32.5 Å². The summed E-state index contributed by atoms with van der Waals surface area (Å²) in [6.07, 6.45) is 4.41. The number of allylic oxidation sites excluding steroid dienone is 2. The second kappa shape index (κ2) is 9.71. The number of benzene rings is 1. The van der Waals surface area contributed by atoms with E-state index < -0.39 is 11.0 Å². The molecule has 1 heterocycles. The highest BCUT2D eigenvalue weighted by atomic mass is 16.6. The van der Waals surface area contributed by atoms with Gasteiger partial charge in [0.25, 0.3) is 0 Å². The zero-order valence-corrected chi connectivity index (χ0v) is 20.0. The van der Waals surface area contributed by atoms with Crippen molar-refractivity contribution in [3.63, 3.8) is 0 Å². The number of piperazine rings is 1. The average Bonchev–Trinajstić information content (AvgIpc) is 2.68. The Hall–Kier alpha value is -2.56. The van der Waals surface area contributed by atoms with E-state index in [-0.39, 0.29) is 18.0 Å². The SMILES string of the molecule is C=CCC(C)(CC=C)C(=O)N1CCN(C(=O)OC(C)(C)C)C(c2cccc(C)c2C)C1. The average molecular weight is 427 g/mol. The Morgan fingerprint density at radius 1 is 1.10 bits per heavy atom. The number of nitrogens with zero attached hydrogens (tertiary/aromatic N) is 2. The molecule has 1 aromatic rings. The van der Waals surface area contributed by atoms with Crippen molar-refractivity contribution in [2.45, 2.75) is 66.0 Å². The van der Waals surface area contributed by atoms with Crippen molar-refractivity contribution in [3.8, 4) is 0 Å². The third-order valence-corrected chi connectivity index (χ3v) is 6.01. The highest BCUT2D eigenvalue weighted by molar-refractivity contribution is 5.83. The maximum absolute atomic E-state index is 13.5. The first-order valence-corrected chi connectivity index (χ1v) is 11.0. The van der Waals surface area contributed by atoms with Gasteiger partial charge in [-0.05, 0) is 64.2 Å². The molecule has 2 amide bonds. The number of carbonyl (C=O) groups is 2. The van der Waals surface area contributed by atoms with E-state index in [2.05, 4.69) is 33.1 Å². The van der Waals surface area contributed by atoms with Crippen LogP contribution in [0.4, 0.5) is 4.79 Å². The highest BCUT2D eigenvalue weighted by Gasteiger charge is 2.41. The standard InChI is InChI=1S/C26H38N2O3/c1-9-14-26(8,15-10-2)23(29)27-16-17-28(24(30)31-25(5,6)7)22(18-27)21-13-11-12-19(3)20(21)4/h9-13,22H,1-2,14-18H2,3-8H3. The van der Waals surface area contributed by atoms with Crippen LogP contribution in [-0.2, 0) is 9.53 Å². The lowest BCUT2D eigenvalue weighted by Crippen LogP contribution is -2.55. The fourth-order valence-corrected chi connectivity index (χ4v) is 4.18. The number of aryl methyl sites for hydroxylation is 1. The molecular formula is C26H38N2O3. The van der Waals surface area contributed by atoms with Gasteiger partial charge in [0.2, 0.25) is 5.91 Å². The molecule has 0 spiro atoms. The van der Waals surface area contributed by atoms with Crippen LogP contribution in [0.2, 0.25) is 0 Å². The van der Waals surface area contributed by atoms with Crippen molar-refractivity contribution in [2.24, 2.45) is 5.41 Å².